The molecular weight excluding hydrogens is 468 g/mol. The van der Waals surface area contributed by atoms with Crippen LogP contribution in [0.2, 0.25) is 0 Å². The predicted octanol–water partition coefficient (Wildman–Crippen LogP) is 2.65. The van der Waals surface area contributed by atoms with Gasteiger partial charge in [-0.1, -0.05) is 42.4 Å². The van der Waals surface area contributed by atoms with Crippen LogP contribution in [-0.4, -0.2) is 56.8 Å². The topological polar surface area (TPSA) is 122 Å². The van der Waals surface area contributed by atoms with Gasteiger partial charge in [-0.15, -0.1) is 0 Å². The average Bonchev–Trinajstić information content (AvgIpc) is 3.39. The Morgan fingerprint density at radius 3 is 2.40 bits per heavy atom. The van der Waals surface area contributed by atoms with Crippen LogP contribution in [0, 0.1) is 0 Å². The van der Waals surface area contributed by atoms with Crippen molar-refractivity contribution >= 4 is 27.3 Å². The Morgan fingerprint density at radius 2 is 1.74 bits per heavy atom. The zero-order valence-corrected chi connectivity index (χ0v) is 20.3. The lowest BCUT2D eigenvalue weighted by Crippen LogP contribution is -2.47. The van der Waals surface area contributed by atoms with Crippen LogP contribution in [0.1, 0.15) is 30.3 Å². The molecule has 0 unspecified atom stereocenters. The number of carbonyl (C=O) groups is 2. The van der Waals surface area contributed by atoms with E-state index in [0.29, 0.717) is 10.7 Å². The molecule has 0 radical (unpaired) electrons. The maximum Gasteiger partial charge on any atom is 0.273 e. The third-order valence-corrected chi connectivity index (χ3v) is 7.76. The highest BCUT2D eigenvalue weighted by molar-refractivity contribution is 7.91. The Morgan fingerprint density at radius 1 is 1.06 bits per heavy atom. The largest absolute Gasteiger partial charge is 0.371 e. The maximum absolute atomic E-state index is 12.3. The number of sulfone groups is 1. The van der Waals surface area contributed by atoms with Crippen molar-refractivity contribution in [3.63, 3.8) is 0 Å². The minimum Gasteiger partial charge on any atom is -0.371 e. The Labute approximate surface area is 204 Å². The van der Waals surface area contributed by atoms with Crippen molar-refractivity contribution in [1.29, 1.82) is 0 Å². The molecule has 0 atom stereocenters. The molecule has 1 fully saturated rings. The summed E-state index contributed by atoms with van der Waals surface area (Å²) in [5.74, 6) is -0.189. The highest BCUT2D eigenvalue weighted by Crippen LogP contribution is 2.23. The summed E-state index contributed by atoms with van der Waals surface area (Å²) in [7, 11) is -3.21. The second kappa shape index (κ2) is 10.7. The molecule has 0 saturated carbocycles. The molecule has 9 nitrogen and oxygen atoms in total. The molecule has 2 heterocycles. The molecule has 1 aromatic heterocycles. The Bertz CT molecular complexity index is 1260. The summed E-state index contributed by atoms with van der Waals surface area (Å²) >= 11 is 0. The van der Waals surface area contributed by atoms with Gasteiger partial charge in [0.05, 0.1) is 17.2 Å². The first-order valence-corrected chi connectivity index (χ1v) is 13.2. The van der Waals surface area contributed by atoms with Crippen molar-refractivity contribution in [2.45, 2.75) is 30.7 Å². The van der Waals surface area contributed by atoms with Gasteiger partial charge in [0.15, 0.2) is 21.3 Å². The second-order valence-corrected chi connectivity index (χ2v) is 10.6. The lowest BCUT2D eigenvalue weighted by Gasteiger charge is -2.34. The van der Waals surface area contributed by atoms with Gasteiger partial charge in [0, 0.05) is 36.4 Å². The summed E-state index contributed by atoms with van der Waals surface area (Å²) in [6, 6.07) is 17.8. The van der Waals surface area contributed by atoms with Gasteiger partial charge in [-0.25, -0.2) is 8.42 Å². The van der Waals surface area contributed by atoms with Crippen LogP contribution in [0.15, 0.2) is 70.1 Å². The number of hydrogen-bond donors (Lipinski definition) is 2. The van der Waals surface area contributed by atoms with Gasteiger partial charge in [0.25, 0.3) is 5.91 Å². The van der Waals surface area contributed by atoms with E-state index >= 15 is 0 Å². The number of hydrogen-bond acceptors (Lipinski definition) is 7. The van der Waals surface area contributed by atoms with Crippen molar-refractivity contribution in [2.75, 3.05) is 30.3 Å². The quantitative estimate of drug-likeness (QED) is 0.492. The van der Waals surface area contributed by atoms with Crippen LogP contribution >= 0.6 is 0 Å². The van der Waals surface area contributed by atoms with Crippen molar-refractivity contribution < 1.29 is 22.5 Å². The van der Waals surface area contributed by atoms with Gasteiger partial charge in [0.1, 0.15) is 0 Å². The smallest absolute Gasteiger partial charge is 0.273 e. The summed E-state index contributed by atoms with van der Waals surface area (Å²) in [5, 5.41) is 9.33. The van der Waals surface area contributed by atoms with Gasteiger partial charge in [-0.3, -0.25) is 9.59 Å². The number of aromatic nitrogens is 1. The number of rotatable bonds is 8. The summed E-state index contributed by atoms with van der Waals surface area (Å²) in [6.07, 6.45) is 1.50. The number of carbonyl (C=O) groups excluding carboxylic acids is 2. The van der Waals surface area contributed by atoms with Crippen molar-refractivity contribution in [1.82, 2.24) is 15.8 Å². The van der Waals surface area contributed by atoms with Gasteiger partial charge in [-0.05, 0) is 37.1 Å². The molecule has 1 aliphatic rings. The second-order valence-electron chi connectivity index (χ2n) is 8.35. The van der Waals surface area contributed by atoms with Gasteiger partial charge in [-0.2, -0.15) is 0 Å². The van der Waals surface area contributed by atoms with Crippen LogP contribution in [0.3, 0.4) is 0 Å². The van der Waals surface area contributed by atoms with Crippen LogP contribution in [-0.2, 0) is 14.6 Å². The number of benzene rings is 2. The first-order chi connectivity index (χ1) is 16.9. The zero-order chi connectivity index (χ0) is 24.8. The van der Waals surface area contributed by atoms with Crippen molar-refractivity contribution in [3.8, 4) is 11.3 Å². The monoisotopic (exact) mass is 496 g/mol. The molecule has 0 aliphatic carbocycles. The lowest BCUT2D eigenvalue weighted by molar-refractivity contribution is -0.120. The molecule has 184 valence electrons. The minimum atomic E-state index is -3.21. The minimum absolute atomic E-state index is 0.00660. The third-order valence-electron chi connectivity index (χ3n) is 6.01. The van der Waals surface area contributed by atoms with Crippen LogP contribution in [0.4, 0.5) is 5.69 Å². The van der Waals surface area contributed by atoms with Gasteiger partial charge >= 0.3 is 0 Å². The molecule has 1 saturated heterocycles. The highest BCUT2D eigenvalue weighted by Gasteiger charge is 2.22. The van der Waals surface area contributed by atoms with E-state index in [2.05, 4.69) is 20.7 Å². The van der Waals surface area contributed by atoms with Gasteiger partial charge < -0.3 is 20.1 Å². The third kappa shape index (κ3) is 6.07. The van der Waals surface area contributed by atoms with Gasteiger partial charge in [0.2, 0.25) is 5.91 Å². The van der Waals surface area contributed by atoms with E-state index in [-0.39, 0.29) is 29.9 Å². The van der Waals surface area contributed by atoms with Crippen LogP contribution in [0.5, 0.6) is 0 Å². The number of amides is 2. The Hall–Kier alpha value is -3.66. The molecule has 0 bridgehead atoms. The fraction of sp³-hybridized carbons (Fsp3) is 0.320. The number of anilines is 1. The first kappa shape index (κ1) is 24.5. The molecule has 35 heavy (non-hydrogen) atoms. The number of nitrogens with zero attached hydrogens (tertiary/aromatic N) is 2. The Balaban J connectivity index is 1.22. The summed E-state index contributed by atoms with van der Waals surface area (Å²) in [6.45, 7) is 2.95. The molecule has 2 amide bonds. The molecule has 0 spiro atoms. The van der Waals surface area contributed by atoms with E-state index in [1.165, 1.54) is 0 Å². The van der Waals surface area contributed by atoms with E-state index in [4.69, 9.17) is 4.52 Å². The normalized spacial score (nSPS) is 14.5. The number of nitrogens with one attached hydrogen (secondary N) is 2. The summed E-state index contributed by atoms with van der Waals surface area (Å²) < 4.78 is 29.2. The SMILES string of the molecule is CCS(=O)(=O)c1ccc(N2CCC(NC(=O)CNC(=O)c3cc(-c4ccccc4)on3)CC2)cc1. The molecule has 10 heteroatoms. The Kier molecular flexibility index (Phi) is 7.50. The van der Waals surface area contributed by atoms with Crippen molar-refractivity contribution in [3.05, 3.63) is 66.4 Å². The lowest BCUT2D eigenvalue weighted by atomic mass is 10.0. The maximum atomic E-state index is 12.3. The molecule has 2 N–H and O–H groups in total. The molecular formula is C25H28N4O5S. The van der Waals surface area contributed by atoms with E-state index in [1.807, 2.05) is 42.5 Å². The molecule has 4 rings (SSSR count). The van der Waals surface area contributed by atoms with Crippen LogP contribution in [0.25, 0.3) is 11.3 Å². The fourth-order valence-corrected chi connectivity index (χ4v) is 4.85. The average molecular weight is 497 g/mol. The zero-order valence-electron chi connectivity index (χ0n) is 19.4. The van der Waals surface area contributed by atoms with E-state index in [1.54, 1.807) is 25.1 Å². The predicted molar refractivity (Wildman–Crippen MR) is 132 cm³/mol. The first-order valence-electron chi connectivity index (χ1n) is 11.5. The summed E-state index contributed by atoms with van der Waals surface area (Å²) in [5.41, 5.74) is 1.88. The fourth-order valence-electron chi connectivity index (χ4n) is 3.96. The molecule has 3 aromatic rings. The van der Waals surface area contributed by atoms with Crippen molar-refractivity contribution in [2.24, 2.45) is 0 Å². The van der Waals surface area contributed by atoms with E-state index in [0.717, 1.165) is 37.2 Å². The summed E-state index contributed by atoms with van der Waals surface area (Å²) in [4.78, 5) is 27.2. The van der Waals surface area contributed by atoms with E-state index in [9.17, 15) is 18.0 Å². The highest BCUT2D eigenvalue weighted by atomic mass is 32.2. The molecule has 1 aliphatic heterocycles. The van der Waals surface area contributed by atoms with Crippen LogP contribution < -0.4 is 15.5 Å². The standard InChI is InChI=1S/C25H28N4O5S/c1-2-35(32,33)21-10-8-20(9-11-21)29-14-12-19(13-15-29)27-24(30)17-26-25(31)22-16-23(34-28-22)18-6-4-3-5-7-18/h3-11,16,19H,2,12-15,17H2,1H3,(H,26,31)(H,27,30). The number of piperidine rings is 1. The van der Waals surface area contributed by atoms with E-state index < -0.39 is 15.7 Å². The molecule has 2 aromatic carbocycles.